The van der Waals surface area contributed by atoms with Crippen molar-refractivity contribution in [2.75, 3.05) is 25.4 Å². The van der Waals surface area contributed by atoms with Crippen LogP contribution in [0.5, 0.6) is 0 Å². The van der Waals surface area contributed by atoms with Gasteiger partial charge in [-0.15, -0.1) is 24.0 Å². The summed E-state index contributed by atoms with van der Waals surface area (Å²) in [4.78, 5) is 4.39. The zero-order chi connectivity index (χ0) is 17.4. The third-order valence-electron chi connectivity index (χ3n) is 4.83. The van der Waals surface area contributed by atoms with Gasteiger partial charge in [-0.1, -0.05) is 6.42 Å². The van der Waals surface area contributed by atoms with Crippen molar-refractivity contribution < 1.29 is 13.5 Å². The van der Waals surface area contributed by atoms with Crippen molar-refractivity contribution in [3.63, 3.8) is 0 Å². The Hall–Kier alpha value is -0.130. The van der Waals surface area contributed by atoms with Crippen LogP contribution in [0.4, 0.5) is 0 Å². The molecule has 0 atom stereocenters. The number of nitrogens with one attached hydrogen (secondary N) is 3. The Morgan fingerprint density at radius 3 is 2.40 bits per heavy atom. The van der Waals surface area contributed by atoms with Gasteiger partial charge in [-0.25, -0.2) is 13.1 Å². The van der Waals surface area contributed by atoms with Gasteiger partial charge in [0.05, 0.1) is 18.4 Å². The van der Waals surface area contributed by atoms with Crippen LogP contribution in [0, 0.1) is 5.92 Å². The topological polar surface area (TPSA) is 103 Å². The monoisotopic (exact) mass is 488 g/mol. The number of hydrogen-bond donors (Lipinski definition) is 4. The van der Waals surface area contributed by atoms with Gasteiger partial charge in [-0.2, -0.15) is 0 Å². The number of aliphatic imine (C=N–C) groups is 1. The van der Waals surface area contributed by atoms with Gasteiger partial charge < -0.3 is 15.7 Å². The molecule has 0 aromatic rings. The van der Waals surface area contributed by atoms with E-state index in [0.717, 1.165) is 45.1 Å². The number of sulfonamides is 1. The van der Waals surface area contributed by atoms with E-state index in [1.807, 2.05) is 6.92 Å². The average Bonchev–Trinajstić information content (AvgIpc) is 2.48. The molecule has 0 saturated heterocycles. The molecular formula is C16H33IN4O3S. The molecule has 0 bridgehead atoms. The van der Waals surface area contributed by atoms with E-state index in [9.17, 15) is 13.5 Å². The summed E-state index contributed by atoms with van der Waals surface area (Å²) in [6, 6.07) is 0.291. The molecule has 7 nitrogen and oxygen atoms in total. The second kappa shape index (κ2) is 11.6. The van der Waals surface area contributed by atoms with Gasteiger partial charge in [0.2, 0.25) is 10.0 Å². The average molecular weight is 488 g/mol. The molecule has 9 heteroatoms. The number of aliphatic hydroxyl groups excluding tert-OH is 1. The van der Waals surface area contributed by atoms with Crippen LogP contribution in [0.1, 0.15) is 51.9 Å². The van der Waals surface area contributed by atoms with Gasteiger partial charge >= 0.3 is 0 Å². The van der Waals surface area contributed by atoms with Crippen LogP contribution in [-0.2, 0) is 10.0 Å². The molecule has 0 aliphatic heterocycles. The van der Waals surface area contributed by atoms with Crippen molar-refractivity contribution in [3.8, 4) is 0 Å². The molecule has 0 aromatic heterocycles. The maximum absolute atomic E-state index is 12.0. The molecule has 148 valence electrons. The van der Waals surface area contributed by atoms with Crippen molar-refractivity contribution in [3.05, 3.63) is 0 Å². The maximum Gasteiger partial charge on any atom is 0.213 e. The molecule has 2 rings (SSSR count). The summed E-state index contributed by atoms with van der Waals surface area (Å²) in [5.74, 6) is 1.19. The highest BCUT2D eigenvalue weighted by atomic mass is 127. The van der Waals surface area contributed by atoms with Crippen molar-refractivity contribution in [2.45, 2.75) is 64.0 Å². The fraction of sp³-hybridized carbons (Fsp3) is 0.938. The highest BCUT2D eigenvalue weighted by Crippen LogP contribution is 2.25. The molecule has 0 spiro atoms. The zero-order valence-corrected chi connectivity index (χ0v) is 18.2. The lowest BCUT2D eigenvalue weighted by Gasteiger charge is -2.27. The van der Waals surface area contributed by atoms with Crippen LogP contribution in [0.25, 0.3) is 0 Å². The Bertz CT molecular complexity index is 504. The second-order valence-electron chi connectivity index (χ2n) is 6.87. The van der Waals surface area contributed by atoms with Crippen LogP contribution in [0.15, 0.2) is 4.99 Å². The normalized spacial score (nSPS) is 25.0. The van der Waals surface area contributed by atoms with E-state index in [-0.39, 0.29) is 42.4 Å². The SMILES string of the molecule is CCNC(=NCCS(=O)(=O)NCC1CCC1)NC1CCC(O)CC1.I. The first-order valence-corrected chi connectivity index (χ1v) is 10.8. The zero-order valence-electron chi connectivity index (χ0n) is 15.0. The third kappa shape index (κ3) is 8.87. The van der Waals surface area contributed by atoms with E-state index in [0.29, 0.717) is 24.5 Å². The Morgan fingerprint density at radius 2 is 1.84 bits per heavy atom. The molecule has 0 aromatic carbocycles. The van der Waals surface area contributed by atoms with E-state index >= 15 is 0 Å². The summed E-state index contributed by atoms with van der Waals surface area (Å²) < 4.78 is 26.7. The molecular weight excluding hydrogens is 455 g/mol. The van der Waals surface area contributed by atoms with Gasteiger partial charge in [0, 0.05) is 19.1 Å². The molecule has 2 aliphatic carbocycles. The first kappa shape index (κ1) is 22.9. The number of rotatable bonds is 8. The quantitative estimate of drug-likeness (QED) is 0.234. The van der Waals surface area contributed by atoms with Crippen molar-refractivity contribution in [1.29, 1.82) is 0 Å². The summed E-state index contributed by atoms with van der Waals surface area (Å²) >= 11 is 0. The fourth-order valence-corrected chi connectivity index (χ4v) is 3.99. The molecule has 2 fully saturated rings. The largest absolute Gasteiger partial charge is 0.393 e. The number of aliphatic hydroxyl groups is 1. The molecule has 0 amide bonds. The Kier molecular flexibility index (Phi) is 10.6. The highest BCUT2D eigenvalue weighted by molar-refractivity contribution is 14.0. The molecule has 0 unspecified atom stereocenters. The van der Waals surface area contributed by atoms with Crippen molar-refractivity contribution in [1.82, 2.24) is 15.4 Å². The number of hydrogen-bond acceptors (Lipinski definition) is 4. The van der Waals surface area contributed by atoms with Crippen LogP contribution in [-0.4, -0.2) is 57.0 Å². The van der Waals surface area contributed by atoms with Gasteiger partial charge in [-0.05, 0) is 51.4 Å². The van der Waals surface area contributed by atoms with Gasteiger partial charge in [-0.3, -0.25) is 4.99 Å². The highest BCUT2D eigenvalue weighted by Gasteiger charge is 2.21. The Morgan fingerprint density at radius 1 is 1.16 bits per heavy atom. The van der Waals surface area contributed by atoms with Crippen molar-refractivity contribution in [2.24, 2.45) is 10.9 Å². The first-order valence-electron chi connectivity index (χ1n) is 9.18. The Labute approximate surface area is 168 Å². The number of halogens is 1. The lowest BCUT2D eigenvalue weighted by atomic mass is 9.86. The van der Waals surface area contributed by atoms with E-state index in [2.05, 4.69) is 20.3 Å². The van der Waals surface area contributed by atoms with E-state index in [1.165, 1.54) is 6.42 Å². The van der Waals surface area contributed by atoms with E-state index in [4.69, 9.17) is 0 Å². The van der Waals surface area contributed by atoms with Gasteiger partial charge in [0.25, 0.3) is 0 Å². The van der Waals surface area contributed by atoms with Gasteiger partial charge in [0.15, 0.2) is 5.96 Å². The van der Waals surface area contributed by atoms with Crippen LogP contribution in [0.3, 0.4) is 0 Å². The van der Waals surface area contributed by atoms with E-state index in [1.54, 1.807) is 0 Å². The Balaban J connectivity index is 0.00000312. The van der Waals surface area contributed by atoms with E-state index < -0.39 is 10.0 Å². The molecule has 0 heterocycles. The maximum atomic E-state index is 12.0. The molecule has 2 saturated carbocycles. The predicted molar refractivity (Wildman–Crippen MR) is 112 cm³/mol. The molecule has 0 radical (unpaired) electrons. The summed E-state index contributed by atoms with van der Waals surface area (Å²) in [5.41, 5.74) is 0. The van der Waals surface area contributed by atoms with Crippen molar-refractivity contribution >= 4 is 40.0 Å². The molecule has 25 heavy (non-hydrogen) atoms. The summed E-state index contributed by atoms with van der Waals surface area (Å²) in [6.45, 7) is 3.52. The summed E-state index contributed by atoms with van der Waals surface area (Å²) in [7, 11) is -3.25. The smallest absolute Gasteiger partial charge is 0.213 e. The van der Waals surface area contributed by atoms with Crippen LogP contribution in [0.2, 0.25) is 0 Å². The predicted octanol–water partition coefficient (Wildman–Crippen LogP) is 1.18. The minimum atomic E-state index is -3.25. The number of guanidine groups is 1. The van der Waals surface area contributed by atoms with Gasteiger partial charge in [0.1, 0.15) is 0 Å². The summed E-state index contributed by atoms with van der Waals surface area (Å²) in [5, 5.41) is 16.1. The van der Waals surface area contributed by atoms with Crippen LogP contribution >= 0.6 is 24.0 Å². The lowest BCUT2D eigenvalue weighted by molar-refractivity contribution is 0.120. The third-order valence-corrected chi connectivity index (χ3v) is 6.15. The van der Waals surface area contributed by atoms with Crippen LogP contribution < -0.4 is 15.4 Å². The standard InChI is InChI=1S/C16H32N4O3S.HI/c1-2-17-16(20-14-6-8-15(21)9-7-14)18-10-11-24(22,23)19-12-13-4-3-5-13;/h13-15,19,21H,2-12H2,1H3,(H2,17,18,20);1H. The molecule has 4 N–H and O–H groups in total. The fourth-order valence-electron chi connectivity index (χ4n) is 3.03. The second-order valence-corrected chi connectivity index (χ2v) is 8.80. The number of nitrogens with zero attached hydrogens (tertiary/aromatic N) is 1. The first-order chi connectivity index (χ1) is 11.5. The summed E-state index contributed by atoms with van der Waals surface area (Å²) in [6.07, 6.45) is 6.71. The molecule has 2 aliphatic rings. The minimum Gasteiger partial charge on any atom is -0.393 e. The lowest BCUT2D eigenvalue weighted by Crippen LogP contribution is -2.45. The minimum absolute atomic E-state index is 0.